The van der Waals surface area contributed by atoms with Crippen LogP contribution >= 0.6 is 34.3 Å². The maximum absolute atomic E-state index is 12.2. The molecule has 1 aliphatic rings. The summed E-state index contributed by atoms with van der Waals surface area (Å²) in [5.41, 5.74) is 0. The number of nitrogens with zero attached hydrogens (tertiary/aromatic N) is 2. The number of sulfonamides is 1. The summed E-state index contributed by atoms with van der Waals surface area (Å²) in [4.78, 5) is 6.56. The van der Waals surface area contributed by atoms with Gasteiger partial charge >= 0.3 is 0 Å². The van der Waals surface area contributed by atoms with Crippen molar-refractivity contribution < 1.29 is 8.42 Å². The number of halogens is 1. The van der Waals surface area contributed by atoms with Crippen LogP contribution in [0.2, 0.25) is 4.34 Å². The molecule has 3 rings (SSSR count). The normalized spacial score (nSPS) is 19.5. The smallest absolute Gasteiger partial charge is 0.250 e. The maximum Gasteiger partial charge on any atom is 0.250 e. The van der Waals surface area contributed by atoms with Crippen molar-refractivity contribution in [1.82, 2.24) is 9.71 Å². The fraction of sp³-hybridized carbons (Fsp3) is 0.462. The lowest BCUT2D eigenvalue weighted by Crippen LogP contribution is -2.40. The molecular formula is C13H16ClN3O2S3. The first kappa shape index (κ1) is 16.2. The van der Waals surface area contributed by atoms with Crippen molar-refractivity contribution in [1.29, 1.82) is 0 Å². The van der Waals surface area contributed by atoms with Gasteiger partial charge in [0.15, 0.2) is 5.13 Å². The van der Waals surface area contributed by atoms with Gasteiger partial charge in [-0.15, -0.1) is 22.7 Å². The molecule has 1 unspecified atom stereocenters. The van der Waals surface area contributed by atoms with Crippen LogP contribution in [-0.2, 0) is 10.0 Å². The summed E-state index contributed by atoms with van der Waals surface area (Å²) in [6, 6.07) is 3.14. The van der Waals surface area contributed by atoms with Gasteiger partial charge in [-0.2, -0.15) is 0 Å². The van der Waals surface area contributed by atoms with Crippen LogP contribution in [-0.4, -0.2) is 33.0 Å². The first-order valence-corrected chi connectivity index (χ1v) is 10.5. The Hall–Kier alpha value is -0.670. The third-order valence-electron chi connectivity index (χ3n) is 3.58. The third kappa shape index (κ3) is 3.80. The molecule has 22 heavy (non-hydrogen) atoms. The van der Waals surface area contributed by atoms with E-state index >= 15 is 0 Å². The molecule has 120 valence electrons. The highest BCUT2D eigenvalue weighted by Gasteiger charge is 2.24. The summed E-state index contributed by atoms with van der Waals surface area (Å²) in [5, 5.41) is 2.97. The van der Waals surface area contributed by atoms with E-state index in [0.717, 1.165) is 42.4 Å². The lowest BCUT2D eigenvalue weighted by molar-refractivity contribution is 0.411. The quantitative estimate of drug-likeness (QED) is 0.869. The van der Waals surface area contributed by atoms with Crippen molar-refractivity contribution >= 4 is 49.4 Å². The highest BCUT2D eigenvalue weighted by molar-refractivity contribution is 7.91. The molecule has 0 aliphatic carbocycles. The van der Waals surface area contributed by atoms with E-state index in [1.54, 1.807) is 23.6 Å². The monoisotopic (exact) mass is 377 g/mol. The van der Waals surface area contributed by atoms with Crippen molar-refractivity contribution in [3.05, 3.63) is 28.0 Å². The predicted octanol–water partition coefficient (Wildman–Crippen LogP) is 3.05. The number of thiophene rings is 1. The Balaban J connectivity index is 1.59. The van der Waals surface area contributed by atoms with Gasteiger partial charge in [0.1, 0.15) is 4.21 Å². The summed E-state index contributed by atoms with van der Waals surface area (Å²) < 4.78 is 27.9. The number of hydrogen-bond acceptors (Lipinski definition) is 6. The summed E-state index contributed by atoms with van der Waals surface area (Å²) in [6.07, 6.45) is 3.87. The molecule has 0 saturated carbocycles. The van der Waals surface area contributed by atoms with Crippen LogP contribution in [0.15, 0.2) is 27.9 Å². The highest BCUT2D eigenvalue weighted by Crippen LogP contribution is 2.27. The molecule has 1 aliphatic heterocycles. The minimum atomic E-state index is -3.46. The van der Waals surface area contributed by atoms with Gasteiger partial charge in [-0.25, -0.2) is 18.1 Å². The molecule has 0 amide bonds. The van der Waals surface area contributed by atoms with Crippen LogP contribution in [0.25, 0.3) is 0 Å². The third-order valence-corrected chi connectivity index (χ3v) is 7.56. The topological polar surface area (TPSA) is 62.3 Å². The molecular weight excluding hydrogens is 362 g/mol. The van der Waals surface area contributed by atoms with Crippen LogP contribution in [0.5, 0.6) is 0 Å². The zero-order valence-corrected chi connectivity index (χ0v) is 14.9. The van der Waals surface area contributed by atoms with E-state index in [0.29, 0.717) is 16.8 Å². The number of hydrogen-bond donors (Lipinski definition) is 1. The number of thiazole rings is 1. The lowest BCUT2D eigenvalue weighted by atomic mass is 9.99. The Morgan fingerprint density at radius 2 is 2.32 bits per heavy atom. The van der Waals surface area contributed by atoms with Gasteiger partial charge in [-0.1, -0.05) is 11.6 Å². The van der Waals surface area contributed by atoms with Gasteiger partial charge < -0.3 is 4.90 Å². The average molecular weight is 378 g/mol. The van der Waals surface area contributed by atoms with E-state index in [9.17, 15) is 8.42 Å². The van der Waals surface area contributed by atoms with Crippen molar-refractivity contribution in [2.45, 2.75) is 17.1 Å². The summed E-state index contributed by atoms with van der Waals surface area (Å²) >= 11 is 8.50. The van der Waals surface area contributed by atoms with Gasteiger partial charge in [-0.3, -0.25) is 0 Å². The Morgan fingerprint density at radius 3 is 3.00 bits per heavy atom. The van der Waals surface area contributed by atoms with Crippen molar-refractivity contribution in [3.63, 3.8) is 0 Å². The van der Waals surface area contributed by atoms with Crippen LogP contribution in [0.1, 0.15) is 12.8 Å². The van der Waals surface area contributed by atoms with E-state index in [2.05, 4.69) is 14.6 Å². The van der Waals surface area contributed by atoms with Crippen molar-refractivity contribution in [2.75, 3.05) is 24.5 Å². The van der Waals surface area contributed by atoms with Crippen LogP contribution < -0.4 is 9.62 Å². The number of aromatic nitrogens is 1. The molecule has 2 aromatic rings. The van der Waals surface area contributed by atoms with E-state index in [-0.39, 0.29) is 4.21 Å². The fourth-order valence-corrected chi connectivity index (χ4v) is 5.84. The Kier molecular flexibility index (Phi) is 5.03. The van der Waals surface area contributed by atoms with Gasteiger partial charge in [0.05, 0.1) is 4.34 Å². The van der Waals surface area contributed by atoms with Crippen molar-refractivity contribution in [3.8, 4) is 0 Å². The Morgan fingerprint density at radius 1 is 1.45 bits per heavy atom. The minimum absolute atomic E-state index is 0.269. The number of rotatable bonds is 5. The molecule has 1 N–H and O–H groups in total. The molecule has 9 heteroatoms. The molecule has 0 spiro atoms. The molecule has 0 aromatic carbocycles. The first-order chi connectivity index (χ1) is 10.5. The van der Waals surface area contributed by atoms with Gasteiger partial charge in [0.25, 0.3) is 0 Å². The van der Waals surface area contributed by atoms with Crippen LogP contribution in [0.4, 0.5) is 5.13 Å². The molecule has 1 saturated heterocycles. The second kappa shape index (κ2) is 6.84. The standard InChI is InChI=1S/C13H16ClN3O2S3/c14-11-3-4-12(21-11)22(18,19)16-8-10-2-1-6-17(9-10)13-15-5-7-20-13/h3-5,7,10,16H,1-2,6,8-9H2. The largest absolute Gasteiger partial charge is 0.348 e. The number of piperidine rings is 1. The first-order valence-electron chi connectivity index (χ1n) is 6.94. The molecule has 2 aromatic heterocycles. The number of nitrogens with one attached hydrogen (secondary N) is 1. The molecule has 3 heterocycles. The zero-order chi connectivity index (χ0) is 15.6. The summed E-state index contributed by atoms with van der Waals surface area (Å²) in [6.45, 7) is 2.26. The maximum atomic E-state index is 12.2. The molecule has 1 fully saturated rings. The zero-order valence-electron chi connectivity index (χ0n) is 11.7. The SMILES string of the molecule is O=S(=O)(NCC1CCCN(c2nccs2)C1)c1ccc(Cl)s1. The molecule has 1 atom stereocenters. The second-order valence-electron chi connectivity index (χ2n) is 5.18. The summed E-state index contributed by atoms with van der Waals surface area (Å²) in [5.74, 6) is 0.294. The van der Waals surface area contributed by atoms with Crippen molar-refractivity contribution in [2.24, 2.45) is 5.92 Å². The molecule has 0 radical (unpaired) electrons. The Bertz CT molecular complexity index is 715. The summed E-state index contributed by atoms with van der Waals surface area (Å²) in [7, 11) is -3.46. The fourth-order valence-electron chi connectivity index (χ4n) is 2.52. The van der Waals surface area contributed by atoms with Crippen LogP contribution in [0.3, 0.4) is 0 Å². The Labute approximate surface area is 143 Å². The van der Waals surface area contributed by atoms with E-state index in [1.807, 2.05) is 5.38 Å². The van der Waals surface area contributed by atoms with Gasteiger partial charge in [0.2, 0.25) is 10.0 Å². The van der Waals surface area contributed by atoms with Crippen LogP contribution in [0, 0.1) is 5.92 Å². The minimum Gasteiger partial charge on any atom is -0.348 e. The second-order valence-corrected chi connectivity index (χ2v) is 9.76. The number of anilines is 1. The van der Waals surface area contributed by atoms with E-state index in [4.69, 9.17) is 11.6 Å². The predicted molar refractivity (Wildman–Crippen MR) is 91.6 cm³/mol. The van der Waals surface area contributed by atoms with E-state index in [1.165, 1.54) is 6.07 Å². The average Bonchev–Trinajstić information content (AvgIpc) is 3.17. The van der Waals surface area contributed by atoms with Gasteiger partial charge in [-0.05, 0) is 30.9 Å². The lowest BCUT2D eigenvalue weighted by Gasteiger charge is -2.32. The molecule has 0 bridgehead atoms. The van der Waals surface area contributed by atoms with E-state index < -0.39 is 10.0 Å². The molecule has 5 nitrogen and oxygen atoms in total. The van der Waals surface area contributed by atoms with Gasteiger partial charge in [0, 0.05) is 31.2 Å². The highest BCUT2D eigenvalue weighted by atomic mass is 35.5.